The third-order valence-corrected chi connectivity index (χ3v) is 1.45. The molecular weight excluding hydrogens is 102 g/mol. The number of rotatable bonds is 1. The summed E-state index contributed by atoms with van der Waals surface area (Å²) in [5.41, 5.74) is 0. The number of nitrogens with one attached hydrogen (secondary N) is 1. The Balaban J connectivity index is 2.24. The molecule has 0 aromatic rings. The fourth-order valence-corrected chi connectivity index (χ4v) is 0.720. The first-order valence-electron chi connectivity index (χ1n) is 3.00. The summed E-state index contributed by atoms with van der Waals surface area (Å²) in [6, 6.07) is 0.537. The summed E-state index contributed by atoms with van der Waals surface area (Å²) in [4.78, 5) is 0. The number of ether oxygens (including phenoxy) is 1. The molecular formula is C6H12NO. The molecule has 1 radical (unpaired) electrons. The van der Waals surface area contributed by atoms with Crippen LogP contribution in [-0.4, -0.2) is 12.6 Å². The molecule has 0 aliphatic carbocycles. The van der Waals surface area contributed by atoms with Gasteiger partial charge in [-0.3, -0.25) is 5.32 Å². The molecule has 2 nitrogen and oxygen atoms in total. The van der Waals surface area contributed by atoms with Gasteiger partial charge >= 0.3 is 0 Å². The van der Waals surface area contributed by atoms with Crippen molar-refractivity contribution in [1.82, 2.24) is 5.32 Å². The number of hydrogen-bond acceptors (Lipinski definition) is 2. The summed E-state index contributed by atoms with van der Waals surface area (Å²) in [6.07, 6.45) is 0. The second-order valence-corrected chi connectivity index (χ2v) is 2.47. The average Bonchev–Trinajstić information content (AvgIpc) is 2.12. The molecule has 0 spiro atoms. The van der Waals surface area contributed by atoms with Crippen molar-refractivity contribution in [3.8, 4) is 0 Å². The van der Waals surface area contributed by atoms with Gasteiger partial charge in [-0.05, 0) is 5.92 Å². The van der Waals surface area contributed by atoms with Crippen LogP contribution < -0.4 is 5.32 Å². The van der Waals surface area contributed by atoms with Crippen LogP contribution in [0.3, 0.4) is 0 Å². The standard InChI is InChI=1S/C6H12NO/c1-5(2)6-3-8-4-7-6/h4-7H,3H2,1-2H3. The van der Waals surface area contributed by atoms with Gasteiger partial charge in [-0.2, -0.15) is 0 Å². The van der Waals surface area contributed by atoms with Crippen LogP contribution in [0.15, 0.2) is 0 Å². The van der Waals surface area contributed by atoms with Gasteiger partial charge in [0.2, 0.25) is 0 Å². The van der Waals surface area contributed by atoms with Gasteiger partial charge < -0.3 is 4.74 Å². The molecule has 0 saturated carbocycles. The third-order valence-electron chi connectivity index (χ3n) is 1.45. The fraction of sp³-hybridized carbons (Fsp3) is 0.833. The zero-order valence-corrected chi connectivity index (χ0v) is 5.35. The molecule has 1 atom stereocenters. The lowest BCUT2D eigenvalue weighted by molar-refractivity contribution is 0.236. The molecule has 1 aliphatic heterocycles. The summed E-state index contributed by atoms with van der Waals surface area (Å²) < 4.78 is 4.98. The largest absolute Gasteiger partial charge is 0.357 e. The van der Waals surface area contributed by atoms with Crippen LogP contribution in [0.4, 0.5) is 0 Å². The molecule has 0 amide bonds. The minimum absolute atomic E-state index is 0.537. The van der Waals surface area contributed by atoms with E-state index in [1.165, 1.54) is 0 Å². The zero-order valence-electron chi connectivity index (χ0n) is 5.35. The van der Waals surface area contributed by atoms with Crippen molar-refractivity contribution in [2.75, 3.05) is 6.61 Å². The third kappa shape index (κ3) is 1.20. The van der Waals surface area contributed by atoms with E-state index in [2.05, 4.69) is 19.2 Å². The van der Waals surface area contributed by atoms with Crippen molar-refractivity contribution in [3.05, 3.63) is 6.73 Å². The van der Waals surface area contributed by atoms with Crippen molar-refractivity contribution >= 4 is 0 Å². The maximum atomic E-state index is 4.98. The van der Waals surface area contributed by atoms with E-state index in [9.17, 15) is 0 Å². The van der Waals surface area contributed by atoms with Crippen LogP contribution in [0.5, 0.6) is 0 Å². The highest BCUT2D eigenvalue weighted by Crippen LogP contribution is 2.07. The summed E-state index contributed by atoms with van der Waals surface area (Å²) in [7, 11) is 0. The maximum Gasteiger partial charge on any atom is 0.148 e. The molecule has 1 unspecified atom stereocenters. The van der Waals surface area contributed by atoms with Gasteiger partial charge in [-0.1, -0.05) is 13.8 Å². The summed E-state index contributed by atoms with van der Waals surface area (Å²) in [5.74, 6) is 0.675. The Morgan fingerprint density at radius 3 is 2.75 bits per heavy atom. The van der Waals surface area contributed by atoms with E-state index in [1.54, 1.807) is 6.73 Å². The highest BCUT2D eigenvalue weighted by atomic mass is 16.5. The molecule has 0 aromatic carbocycles. The Labute approximate surface area is 50.2 Å². The van der Waals surface area contributed by atoms with Gasteiger partial charge in [0, 0.05) is 6.04 Å². The van der Waals surface area contributed by atoms with E-state index in [-0.39, 0.29) is 0 Å². The predicted octanol–water partition coefficient (Wildman–Crippen LogP) is 0.750. The SMILES string of the molecule is CC(C)C1CO[CH]N1. The quantitative estimate of drug-likeness (QED) is 0.543. The van der Waals surface area contributed by atoms with E-state index >= 15 is 0 Å². The van der Waals surface area contributed by atoms with Gasteiger partial charge in [0.15, 0.2) is 0 Å². The smallest absolute Gasteiger partial charge is 0.148 e. The molecule has 1 N–H and O–H groups in total. The average molecular weight is 114 g/mol. The Bertz CT molecular complexity index is 66.9. The van der Waals surface area contributed by atoms with Crippen LogP contribution in [0, 0.1) is 12.6 Å². The van der Waals surface area contributed by atoms with Crippen LogP contribution in [0.25, 0.3) is 0 Å². The van der Waals surface area contributed by atoms with Crippen molar-refractivity contribution in [1.29, 1.82) is 0 Å². The minimum atomic E-state index is 0.537. The molecule has 47 valence electrons. The summed E-state index contributed by atoms with van der Waals surface area (Å²) in [5, 5.41) is 3.11. The molecule has 2 heteroatoms. The molecule has 0 bridgehead atoms. The number of hydrogen-bond donors (Lipinski definition) is 1. The van der Waals surface area contributed by atoms with E-state index in [0.29, 0.717) is 12.0 Å². The minimum Gasteiger partial charge on any atom is -0.357 e. The lowest BCUT2D eigenvalue weighted by Crippen LogP contribution is -2.27. The van der Waals surface area contributed by atoms with E-state index < -0.39 is 0 Å². The van der Waals surface area contributed by atoms with E-state index in [1.807, 2.05) is 0 Å². The van der Waals surface area contributed by atoms with Gasteiger partial charge in [0.1, 0.15) is 6.73 Å². The van der Waals surface area contributed by atoms with E-state index in [4.69, 9.17) is 4.74 Å². The van der Waals surface area contributed by atoms with E-state index in [0.717, 1.165) is 6.61 Å². The van der Waals surface area contributed by atoms with Gasteiger partial charge in [-0.15, -0.1) is 0 Å². The van der Waals surface area contributed by atoms with Gasteiger partial charge in [-0.25, -0.2) is 0 Å². The second kappa shape index (κ2) is 2.46. The Morgan fingerprint density at radius 2 is 2.50 bits per heavy atom. The topological polar surface area (TPSA) is 21.3 Å². The first-order valence-corrected chi connectivity index (χ1v) is 3.00. The van der Waals surface area contributed by atoms with Crippen LogP contribution in [0.1, 0.15) is 13.8 Å². The first kappa shape index (κ1) is 6.05. The first-order chi connectivity index (χ1) is 3.80. The van der Waals surface area contributed by atoms with Crippen molar-refractivity contribution in [3.63, 3.8) is 0 Å². The van der Waals surface area contributed by atoms with Crippen LogP contribution >= 0.6 is 0 Å². The Morgan fingerprint density at radius 1 is 1.75 bits per heavy atom. The normalized spacial score (nSPS) is 29.6. The van der Waals surface area contributed by atoms with Crippen molar-refractivity contribution in [2.24, 2.45) is 5.92 Å². The predicted molar refractivity (Wildman–Crippen MR) is 32.0 cm³/mol. The molecule has 1 heterocycles. The lowest BCUT2D eigenvalue weighted by atomic mass is 10.1. The second-order valence-electron chi connectivity index (χ2n) is 2.47. The Kier molecular flexibility index (Phi) is 1.86. The molecule has 1 rings (SSSR count). The fourth-order valence-electron chi connectivity index (χ4n) is 0.720. The highest BCUT2D eigenvalue weighted by Gasteiger charge is 2.17. The van der Waals surface area contributed by atoms with Crippen molar-refractivity contribution < 1.29 is 4.74 Å². The lowest BCUT2D eigenvalue weighted by Gasteiger charge is -2.10. The molecule has 8 heavy (non-hydrogen) atoms. The molecule has 1 saturated heterocycles. The maximum absolute atomic E-state index is 4.98. The zero-order chi connectivity index (χ0) is 5.98. The molecule has 1 aliphatic rings. The summed E-state index contributed by atoms with van der Waals surface area (Å²) in [6.45, 7) is 6.86. The molecule has 1 fully saturated rings. The van der Waals surface area contributed by atoms with Crippen LogP contribution in [-0.2, 0) is 4.74 Å². The summed E-state index contributed by atoms with van der Waals surface area (Å²) >= 11 is 0. The van der Waals surface area contributed by atoms with Gasteiger partial charge in [0.05, 0.1) is 6.61 Å². The van der Waals surface area contributed by atoms with Gasteiger partial charge in [0.25, 0.3) is 0 Å². The Hall–Kier alpha value is -0.0800. The van der Waals surface area contributed by atoms with Crippen LogP contribution in [0.2, 0.25) is 0 Å². The monoisotopic (exact) mass is 114 g/mol. The highest BCUT2D eigenvalue weighted by molar-refractivity contribution is 4.76. The molecule has 0 aromatic heterocycles. The van der Waals surface area contributed by atoms with Crippen molar-refractivity contribution in [2.45, 2.75) is 19.9 Å².